The second-order valence-electron chi connectivity index (χ2n) is 4.19. The first-order valence-electron chi connectivity index (χ1n) is 5.64. The molecule has 0 bridgehead atoms. The molecular weight excluding hydrogens is 337 g/mol. The number of benzene rings is 1. The molecule has 0 fully saturated rings. The minimum Gasteiger partial charge on any atom is -0.478 e. The molecule has 2 heterocycles. The van der Waals surface area contributed by atoms with Crippen LogP contribution in [0.3, 0.4) is 0 Å². The summed E-state index contributed by atoms with van der Waals surface area (Å²) in [6.07, 6.45) is 1.76. The summed E-state index contributed by atoms with van der Waals surface area (Å²) in [5.74, 6) is -1.02. The molecule has 3 aromatic rings. The second kappa shape index (κ2) is 6.49. The zero-order valence-corrected chi connectivity index (χ0v) is 13.0. The highest BCUT2D eigenvalue weighted by atomic mass is 35.5. The van der Waals surface area contributed by atoms with E-state index >= 15 is 0 Å². The summed E-state index contributed by atoms with van der Waals surface area (Å²) < 4.78 is 0. The van der Waals surface area contributed by atoms with Gasteiger partial charge in [0.05, 0.1) is 16.8 Å². The Morgan fingerprint density at radius 2 is 2.05 bits per heavy atom. The number of hydrogen-bond acceptors (Lipinski definition) is 3. The van der Waals surface area contributed by atoms with E-state index in [4.69, 9.17) is 17.3 Å². The Morgan fingerprint density at radius 1 is 1.33 bits per heavy atom. The third kappa shape index (κ3) is 2.78. The van der Waals surface area contributed by atoms with E-state index in [0.717, 1.165) is 10.8 Å². The summed E-state index contributed by atoms with van der Waals surface area (Å²) >= 11 is 5.94. The number of pyridine rings is 1. The number of aromatic nitrogens is 2. The molecular formula is C13H12Cl3N3O2. The lowest BCUT2D eigenvalue weighted by molar-refractivity contribution is 0.0698. The lowest BCUT2D eigenvalue weighted by Gasteiger charge is -2.00. The molecule has 0 saturated heterocycles. The van der Waals surface area contributed by atoms with Crippen molar-refractivity contribution in [3.63, 3.8) is 0 Å². The normalized spacial score (nSPS) is 10.2. The molecule has 0 radical (unpaired) electrons. The van der Waals surface area contributed by atoms with Gasteiger partial charge in [0.15, 0.2) is 0 Å². The van der Waals surface area contributed by atoms with E-state index in [1.807, 2.05) is 6.07 Å². The van der Waals surface area contributed by atoms with Gasteiger partial charge in [-0.2, -0.15) is 0 Å². The van der Waals surface area contributed by atoms with Crippen LogP contribution in [0.5, 0.6) is 0 Å². The molecule has 2 aromatic heterocycles. The Morgan fingerprint density at radius 3 is 2.67 bits per heavy atom. The molecule has 0 aliphatic carbocycles. The van der Waals surface area contributed by atoms with Gasteiger partial charge in [0.25, 0.3) is 0 Å². The molecule has 3 rings (SSSR count). The fraction of sp³-hybridized carbons (Fsp3) is 0.0769. The first-order chi connectivity index (χ1) is 9.11. The van der Waals surface area contributed by atoms with E-state index in [-0.39, 0.29) is 36.9 Å². The topological polar surface area (TPSA) is 92.0 Å². The molecule has 0 amide bonds. The number of fused-ring (bicyclic) bond motifs is 3. The summed E-state index contributed by atoms with van der Waals surface area (Å²) in [6.45, 7) is 0.0878. The van der Waals surface area contributed by atoms with Crippen LogP contribution >= 0.6 is 36.4 Å². The highest BCUT2D eigenvalue weighted by molar-refractivity contribution is 6.30. The average molecular weight is 349 g/mol. The van der Waals surface area contributed by atoms with Gasteiger partial charge in [0.1, 0.15) is 5.15 Å². The molecule has 0 unspecified atom stereocenters. The van der Waals surface area contributed by atoms with E-state index in [9.17, 15) is 9.90 Å². The summed E-state index contributed by atoms with van der Waals surface area (Å²) in [5.41, 5.74) is 6.74. The van der Waals surface area contributed by atoms with Crippen molar-refractivity contribution in [2.24, 2.45) is 5.73 Å². The molecule has 0 aliphatic heterocycles. The van der Waals surface area contributed by atoms with Crippen LogP contribution in [-0.4, -0.2) is 21.0 Å². The Bertz CT molecular complexity index is 817. The van der Waals surface area contributed by atoms with Gasteiger partial charge < -0.3 is 15.8 Å². The minimum absolute atomic E-state index is 0. The summed E-state index contributed by atoms with van der Waals surface area (Å²) in [7, 11) is 0. The molecule has 5 nitrogen and oxygen atoms in total. The van der Waals surface area contributed by atoms with Crippen molar-refractivity contribution in [1.82, 2.24) is 9.97 Å². The lowest BCUT2D eigenvalue weighted by atomic mass is 10.1. The van der Waals surface area contributed by atoms with Crippen molar-refractivity contribution in [3.8, 4) is 0 Å². The highest BCUT2D eigenvalue weighted by Crippen LogP contribution is 2.30. The Labute approximate surface area is 137 Å². The number of carboxylic acids is 1. The van der Waals surface area contributed by atoms with E-state index in [2.05, 4.69) is 9.97 Å². The maximum absolute atomic E-state index is 11.3. The molecule has 0 atom stereocenters. The van der Waals surface area contributed by atoms with Crippen LogP contribution in [0.4, 0.5) is 0 Å². The van der Waals surface area contributed by atoms with Crippen molar-refractivity contribution in [1.29, 1.82) is 0 Å². The Kier molecular flexibility index (Phi) is 5.42. The lowest BCUT2D eigenvalue weighted by Crippen LogP contribution is -2.05. The molecule has 0 aliphatic rings. The Hall–Kier alpha value is -1.53. The third-order valence-corrected chi connectivity index (χ3v) is 3.32. The van der Waals surface area contributed by atoms with Gasteiger partial charge in [-0.1, -0.05) is 23.7 Å². The van der Waals surface area contributed by atoms with Crippen molar-refractivity contribution in [3.05, 3.63) is 40.8 Å². The number of carbonyl (C=O) groups is 1. The van der Waals surface area contributed by atoms with Crippen LogP contribution in [0.15, 0.2) is 24.4 Å². The molecule has 21 heavy (non-hydrogen) atoms. The predicted octanol–water partition coefficient (Wildman–Crippen LogP) is 3.37. The standard InChI is InChI=1S/C13H10ClN3O2.2ClH/c14-10-3-8-6(5-16-10)1-2-7-11(13(18)19)9(4-15)17-12(7)8;;/h1-3,5,16H,4,15H2,(H,18,19);2*1H. The fourth-order valence-electron chi connectivity index (χ4n) is 2.27. The van der Waals surface area contributed by atoms with Crippen LogP contribution in [-0.2, 0) is 6.54 Å². The predicted molar refractivity (Wildman–Crippen MR) is 88.0 cm³/mol. The summed E-state index contributed by atoms with van der Waals surface area (Å²) in [4.78, 5) is 18.6. The van der Waals surface area contributed by atoms with Crippen LogP contribution in [0.1, 0.15) is 16.1 Å². The van der Waals surface area contributed by atoms with Gasteiger partial charge in [-0.3, -0.25) is 0 Å². The van der Waals surface area contributed by atoms with Gasteiger partial charge in [-0.05, 0) is 6.07 Å². The number of hydrogen-bond donors (Lipinski definition) is 3. The van der Waals surface area contributed by atoms with Crippen molar-refractivity contribution < 1.29 is 9.90 Å². The smallest absolute Gasteiger partial charge is 0.338 e. The monoisotopic (exact) mass is 347 g/mol. The zero-order valence-electron chi connectivity index (χ0n) is 10.6. The maximum atomic E-state index is 11.3. The molecule has 112 valence electrons. The number of nitrogens with two attached hydrogens (primary N) is 1. The number of nitrogens with one attached hydrogen (secondary N) is 1. The highest BCUT2D eigenvalue weighted by Gasteiger charge is 2.19. The van der Waals surface area contributed by atoms with E-state index in [1.54, 1.807) is 18.3 Å². The fourth-order valence-corrected chi connectivity index (χ4v) is 2.43. The molecule has 4 N–H and O–H groups in total. The number of halogens is 3. The molecule has 0 saturated carbocycles. The first kappa shape index (κ1) is 17.5. The minimum atomic E-state index is -1.02. The van der Waals surface area contributed by atoms with Gasteiger partial charge in [-0.25, -0.2) is 9.78 Å². The first-order valence-corrected chi connectivity index (χ1v) is 6.02. The number of nitrogens with zero attached hydrogens (tertiary/aromatic N) is 1. The zero-order chi connectivity index (χ0) is 13.6. The van der Waals surface area contributed by atoms with Crippen molar-refractivity contribution in [2.45, 2.75) is 6.54 Å². The van der Waals surface area contributed by atoms with Gasteiger partial charge in [0.2, 0.25) is 0 Å². The summed E-state index contributed by atoms with van der Waals surface area (Å²) in [5, 5.41) is 12.1. The van der Waals surface area contributed by atoms with E-state index < -0.39 is 5.97 Å². The third-order valence-electron chi connectivity index (χ3n) is 3.10. The van der Waals surface area contributed by atoms with Crippen molar-refractivity contribution in [2.75, 3.05) is 0 Å². The quantitative estimate of drug-likeness (QED) is 0.619. The number of rotatable bonds is 2. The van der Waals surface area contributed by atoms with Crippen LogP contribution in [0.25, 0.3) is 21.7 Å². The van der Waals surface area contributed by atoms with Crippen LogP contribution in [0.2, 0.25) is 5.15 Å². The molecule has 0 spiro atoms. The maximum Gasteiger partial charge on any atom is 0.338 e. The van der Waals surface area contributed by atoms with E-state index in [0.29, 0.717) is 21.7 Å². The Balaban J connectivity index is 0.00000110. The number of H-pyrrole nitrogens is 1. The molecule has 8 heteroatoms. The number of aromatic carboxylic acids is 1. The number of aromatic amines is 1. The average Bonchev–Trinajstić information content (AvgIpc) is 2.77. The second-order valence-corrected chi connectivity index (χ2v) is 4.60. The number of carboxylic acid groups (broad SMARTS) is 1. The van der Waals surface area contributed by atoms with E-state index in [1.165, 1.54) is 0 Å². The van der Waals surface area contributed by atoms with Gasteiger partial charge >= 0.3 is 5.97 Å². The SMILES string of the molecule is Cl.Cl.NCc1nc2c(ccc3c[nH]c(Cl)cc32)c1C(=O)O. The largest absolute Gasteiger partial charge is 0.478 e. The van der Waals surface area contributed by atoms with Gasteiger partial charge in [-0.15, -0.1) is 24.8 Å². The molecule has 1 aromatic carbocycles. The van der Waals surface area contributed by atoms with Crippen LogP contribution < -0.4 is 5.73 Å². The van der Waals surface area contributed by atoms with Crippen molar-refractivity contribution >= 4 is 64.1 Å². The summed E-state index contributed by atoms with van der Waals surface area (Å²) in [6, 6.07) is 5.31. The van der Waals surface area contributed by atoms with Gasteiger partial charge in [0, 0.05) is 28.9 Å². The van der Waals surface area contributed by atoms with Crippen LogP contribution in [0, 0.1) is 0 Å².